The zero-order chi connectivity index (χ0) is 20.3. The first-order chi connectivity index (χ1) is 13.4. The molecule has 0 bridgehead atoms. The van der Waals surface area contributed by atoms with E-state index in [0.29, 0.717) is 11.1 Å². The van der Waals surface area contributed by atoms with Crippen LogP contribution in [0.4, 0.5) is 8.78 Å². The van der Waals surface area contributed by atoms with E-state index in [2.05, 4.69) is 0 Å². The van der Waals surface area contributed by atoms with Crippen LogP contribution in [0, 0.1) is 29.9 Å². The molecule has 0 aliphatic rings. The van der Waals surface area contributed by atoms with Gasteiger partial charge in [0.05, 0.1) is 12.2 Å². The molecule has 2 aromatic carbocycles. The summed E-state index contributed by atoms with van der Waals surface area (Å²) in [6.07, 6.45) is -1.09. The lowest BCUT2D eigenvalue weighted by Crippen LogP contribution is -2.21. The summed E-state index contributed by atoms with van der Waals surface area (Å²) >= 11 is 1.45. The monoisotopic (exact) mass is 401 g/mol. The first kappa shape index (κ1) is 20.0. The summed E-state index contributed by atoms with van der Waals surface area (Å²) in [5.74, 6) is -1.24. The van der Waals surface area contributed by atoms with Gasteiger partial charge in [0, 0.05) is 15.3 Å². The second-order valence-corrected chi connectivity index (χ2v) is 7.46. The average Bonchev–Trinajstić information content (AvgIpc) is 3.08. The van der Waals surface area contributed by atoms with E-state index < -0.39 is 24.3 Å². The number of aryl methyl sites for hydroxylation is 1. The molecule has 7 heteroatoms. The van der Waals surface area contributed by atoms with Gasteiger partial charge in [0.25, 0.3) is 0 Å². The Morgan fingerprint density at radius 2 is 1.82 bits per heavy atom. The van der Waals surface area contributed by atoms with Crippen molar-refractivity contribution >= 4 is 11.3 Å². The molecule has 0 saturated carbocycles. The molecule has 2 N–H and O–H groups in total. The molecule has 3 rings (SSSR count). The highest BCUT2D eigenvalue weighted by Gasteiger charge is 2.16. The van der Waals surface area contributed by atoms with E-state index in [0.717, 1.165) is 15.3 Å². The number of nitrogens with zero attached hydrogens (tertiary/aromatic N) is 1. The van der Waals surface area contributed by atoms with Crippen LogP contribution >= 0.6 is 11.3 Å². The molecule has 0 saturated heterocycles. The molecule has 0 radical (unpaired) electrons. The molecule has 3 aromatic rings. The van der Waals surface area contributed by atoms with E-state index in [1.54, 1.807) is 18.2 Å². The number of thiophene rings is 1. The highest BCUT2D eigenvalue weighted by molar-refractivity contribution is 7.16. The summed E-state index contributed by atoms with van der Waals surface area (Å²) < 4.78 is 33.7. The van der Waals surface area contributed by atoms with Gasteiger partial charge in [-0.3, -0.25) is 0 Å². The van der Waals surface area contributed by atoms with Crippen LogP contribution in [0.5, 0.6) is 5.75 Å². The number of aliphatic hydroxyl groups excluding tert-OH is 2. The zero-order valence-corrected chi connectivity index (χ0v) is 15.8. The largest absolute Gasteiger partial charge is 0.488 e. The van der Waals surface area contributed by atoms with E-state index >= 15 is 0 Å². The maximum absolute atomic E-state index is 14.4. The van der Waals surface area contributed by atoms with Crippen molar-refractivity contribution in [2.75, 3.05) is 13.2 Å². The van der Waals surface area contributed by atoms with Crippen LogP contribution in [0.1, 0.15) is 10.4 Å². The first-order valence-electron chi connectivity index (χ1n) is 8.45. The molecule has 1 heterocycles. The van der Waals surface area contributed by atoms with E-state index in [-0.39, 0.29) is 17.9 Å². The van der Waals surface area contributed by atoms with E-state index in [4.69, 9.17) is 15.1 Å². The van der Waals surface area contributed by atoms with E-state index in [9.17, 15) is 13.9 Å². The molecule has 0 aliphatic carbocycles. The summed E-state index contributed by atoms with van der Waals surface area (Å²) in [6.45, 7) is 1.21. The molecule has 1 atom stereocenters. The van der Waals surface area contributed by atoms with Crippen molar-refractivity contribution in [1.29, 1.82) is 5.26 Å². The summed E-state index contributed by atoms with van der Waals surface area (Å²) in [5.41, 5.74) is 1.91. The number of benzene rings is 2. The summed E-state index contributed by atoms with van der Waals surface area (Å²) in [4.78, 5) is 1.74. The fourth-order valence-electron chi connectivity index (χ4n) is 2.71. The Labute approximate surface area is 164 Å². The molecule has 28 heavy (non-hydrogen) atoms. The summed E-state index contributed by atoms with van der Waals surface area (Å²) in [6, 6.07) is 12.5. The minimum absolute atomic E-state index is 0.0319. The maximum atomic E-state index is 14.4. The van der Waals surface area contributed by atoms with Crippen molar-refractivity contribution < 1.29 is 23.7 Å². The number of nitriles is 1. The molecule has 0 amide bonds. The van der Waals surface area contributed by atoms with Gasteiger partial charge in [-0.2, -0.15) is 5.26 Å². The Kier molecular flexibility index (Phi) is 6.05. The number of hydrogen-bond acceptors (Lipinski definition) is 5. The smallest absolute Gasteiger partial charge is 0.165 e. The lowest BCUT2D eigenvalue weighted by Gasteiger charge is -2.12. The second kappa shape index (κ2) is 8.48. The minimum atomic E-state index is -1.09. The third-order valence-electron chi connectivity index (χ3n) is 4.09. The molecular weight excluding hydrogens is 384 g/mol. The standard InChI is InChI=1S/C21H17F2NO3S/c1-12-6-17(13-2-3-15(9-24)18(22)7-13)21(28-12)14-4-5-20(19(23)8-14)27-11-16(26)10-25/h2-8,16,25-26H,10-11H2,1H3. The Balaban J connectivity index is 1.96. The Morgan fingerprint density at radius 3 is 2.46 bits per heavy atom. The Morgan fingerprint density at radius 1 is 1.11 bits per heavy atom. The third kappa shape index (κ3) is 4.20. The van der Waals surface area contributed by atoms with Crippen molar-refractivity contribution in [3.05, 3.63) is 64.5 Å². The second-order valence-electron chi connectivity index (χ2n) is 6.20. The predicted molar refractivity (Wildman–Crippen MR) is 103 cm³/mol. The zero-order valence-electron chi connectivity index (χ0n) is 14.9. The van der Waals surface area contributed by atoms with Crippen molar-refractivity contribution in [3.8, 4) is 33.4 Å². The van der Waals surface area contributed by atoms with Gasteiger partial charge in [0.2, 0.25) is 0 Å². The summed E-state index contributed by atoms with van der Waals surface area (Å²) in [7, 11) is 0. The Bertz CT molecular complexity index is 1040. The number of hydrogen-bond donors (Lipinski definition) is 2. The van der Waals surface area contributed by atoms with Gasteiger partial charge in [-0.15, -0.1) is 11.3 Å². The van der Waals surface area contributed by atoms with E-state index in [1.165, 1.54) is 35.6 Å². The van der Waals surface area contributed by atoms with Gasteiger partial charge in [-0.25, -0.2) is 8.78 Å². The van der Waals surface area contributed by atoms with Crippen LogP contribution in [-0.2, 0) is 0 Å². The summed E-state index contributed by atoms with van der Waals surface area (Å²) in [5, 5.41) is 27.0. The van der Waals surface area contributed by atoms with Crippen LogP contribution in [-0.4, -0.2) is 29.5 Å². The molecule has 0 aliphatic heterocycles. The van der Waals surface area contributed by atoms with Crippen LogP contribution in [0.15, 0.2) is 42.5 Å². The van der Waals surface area contributed by atoms with E-state index in [1.807, 2.05) is 13.0 Å². The molecule has 1 aromatic heterocycles. The van der Waals surface area contributed by atoms with Crippen molar-refractivity contribution in [3.63, 3.8) is 0 Å². The van der Waals surface area contributed by atoms with Crippen LogP contribution < -0.4 is 4.74 Å². The highest BCUT2D eigenvalue weighted by atomic mass is 32.1. The molecule has 144 valence electrons. The molecule has 0 fully saturated rings. The van der Waals surface area contributed by atoms with Crippen molar-refractivity contribution in [2.45, 2.75) is 13.0 Å². The lowest BCUT2D eigenvalue weighted by atomic mass is 10.0. The van der Waals surface area contributed by atoms with Gasteiger partial charge >= 0.3 is 0 Å². The fourth-order valence-corrected chi connectivity index (χ4v) is 3.74. The highest BCUT2D eigenvalue weighted by Crippen LogP contribution is 2.40. The first-order valence-corrected chi connectivity index (χ1v) is 9.26. The third-order valence-corrected chi connectivity index (χ3v) is 5.19. The fraction of sp³-hybridized carbons (Fsp3) is 0.190. The Hall–Kier alpha value is -2.79. The topological polar surface area (TPSA) is 73.5 Å². The van der Waals surface area contributed by atoms with Gasteiger partial charge in [0.15, 0.2) is 11.6 Å². The number of ether oxygens (including phenoxy) is 1. The molecule has 4 nitrogen and oxygen atoms in total. The van der Waals surface area contributed by atoms with Gasteiger partial charge in [-0.1, -0.05) is 6.07 Å². The van der Waals surface area contributed by atoms with Gasteiger partial charge < -0.3 is 14.9 Å². The van der Waals surface area contributed by atoms with Crippen molar-refractivity contribution in [2.24, 2.45) is 0 Å². The molecule has 1 unspecified atom stereocenters. The van der Waals surface area contributed by atoms with Gasteiger partial charge in [0.1, 0.15) is 24.6 Å². The normalized spacial score (nSPS) is 11.9. The lowest BCUT2D eigenvalue weighted by molar-refractivity contribution is 0.0523. The molecular formula is C21H17F2NO3S. The number of rotatable bonds is 6. The van der Waals surface area contributed by atoms with Crippen LogP contribution in [0.2, 0.25) is 0 Å². The van der Waals surface area contributed by atoms with Gasteiger partial charge in [-0.05, 0) is 54.4 Å². The molecule has 0 spiro atoms. The average molecular weight is 401 g/mol. The van der Waals surface area contributed by atoms with Crippen LogP contribution in [0.3, 0.4) is 0 Å². The SMILES string of the molecule is Cc1cc(-c2ccc(C#N)c(F)c2)c(-c2ccc(OCC(O)CO)c(F)c2)s1. The van der Waals surface area contributed by atoms with Crippen LogP contribution in [0.25, 0.3) is 21.6 Å². The number of halogens is 2. The quantitative estimate of drug-likeness (QED) is 0.647. The number of aliphatic hydroxyl groups is 2. The van der Waals surface area contributed by atoms with Crippen molar-refractivity contribution in [1.82, 2.24) is 0 Å². The predicted octanol–water partition coefficient (Wildman–Crippen LogP) is 4.27. The minimum Gasteiger partial charge on any atom is -0.488 e. The maximum Gasteiger partial charge on any atom is 0.165 e.